The molecule has 3 aromatic rings. The van der Waals surface area contributed by atoms with Crippen molar-refractivity contribution in [3.05, 3.63) is 65.8 Å². The van der Waals surface area contributed by atoms with Crippen molar-refractivity contribution >= 4 is 11.3 Å². The minimum absolute atomic E-state index is 0.0728. The van der Waals surface area contributed by atoms with Crippen molar-refractivity contribution in [1.29, 1.82) is 0 Å². The third kappa shape index (κ3) is 2.25. The Kier molecular flexibility index (Phi) is 3.05. The topological polar surface area (TPSA) is 20.2 Å². The van der Waals surface area contributed by atoms with E-state index in [1.165, 1.54) is 23.5 Å². The van der Waals surface area contributed by atoms with Crippen molar-refractivity contribution in [2.45, 2.75) is 0 Å². The van der Waals surface area contributed by atoms with Crippen molar-refractivity contribution in [2.24, 2.45) is 0 Å². The molecule has 0 amide bonds. The average molecular weight is 270 g/mol. The second-order valence-electron chi connectivity index (χ2n) is 4.20. The molecule has 0 bridgehead atoms. The number of thiophene rings is 1. The van der Waals surface area contributed by atoms with Crippen LogP contribution in [-0.2, 0) is 0 Å². The Morgan fingerprint density at radius 2 is 1.63 bits per heavy atom. The molecule has 1 nitrogen and oxygen atoms in total. The van der Waals surface area contributed by atoms with E-state index in [4.69, 9.17) is 0 Å². The molecule has 3 heteroatoms. The van der Waals surface area contributed by atoms with Crippen LogP contribution in [0.4, 0.5) is 4.39 Å². The highest BCUT2D eigenvalue weighted by atomic mass is 32.1. The van der Waals surface area contributed by atoms with E-state index in [9.17, 15) is 9.50 Å². The third-order valence-corrected chi connectivity index (χ3v) is 3.83. The summed E-state index contributed by atoms with van der Waals surface area (Å²) in [6.07, 6.45) is 0. The highest BCUT2D eigenvalue weighted by Crippen LogP contribution is 2.36. The molecule has 0 aliphatic rings. The van der Waals surface area contributed by atoms with Crippen LogP contribution in [0.3, 0.4) is 0 Å². The highest BCUT2D eigenvalue weighted by molar-refractivity contribution is 7.13. The first-order chi connectivity index (χ1) is 9.25. The molecule has 0 saturated carbocycles. The zero-order valence-electron chi connectivity index (χ0n) is 10.0. The first-order valence-corrected chi connectivity index (χ1v) is 6.75. The van der Waals surface area contributed by atoms with Crippen LogP contribution in [0.15, 0.2) is 60.0 Å². The molecular formula is C16H11FOS. The van der Waals surface area contributed by atoms with Gasteiger partial charge in [-0.3, -0.25) is 0 Å². The molecule has 0 unspecified atom stereocenters. The van der Waals surface area contributed by atoms with Gasteiger partial charge in [0.05, 0.1) is 0 Å². The number of aromatic hydroxyl groups is 1. The Morgan fingerprint density at radius 3 is 2.32 bits per heavy atom. The van der Waals surface area contributed by atoms with Gasteiger partial charge in [0.25, 0.3) is 0 Å². The lowest BCUT2D eigenvalue weighted by Crippen LogP contribution is -1.88. The molecule has 0 fully saturated rings. The van der Waals surface area contributed by atoms with Gasteiger partial charge in [0.15, 0.2) is 0 Å². The van der Waals surface area contributed by atoms with Gasteiger partial charge in [-0.05, 0) is 29.1 Å². The Labute approximate surface area is 114 Å². The van der Waals surface area contributed by atoms with Gasteiger partial charge >= 0.3 is 0 Å². The van der Waals surface area contributed by atoms with Gasteiger partial charge in [-0.1, -0.05) is 36.4 Å². The van der Waals surface area contributed by atoms with Crippen LogP contribution in [0.2, 0.25) is 0 Å². The SMILES string of the molecule is Oc1cc(-c2ccccc2)c(F)c(-c2cccs2)c1. The molecule has 0 aliphatic carbocycles. The molecule has 0 saturated heterocycles. The minimum Gasteiger partial charge on any atom is -0.508 e. The number of hydrogen-bond donors (Lipinski definition) is 1. The van der Waals surface area contributed by atoms with Gasteiger partial charge in [0.1, 0.15) is 11.6 Å². The zero-order valence-corrected chi connectivity index (χ0v) is 10.8. The van der Waals surface area contributed by atoms with Gasteiger partial charge < -0.3 is 5.11 Å². The van der Waals surface area contributed by atoms with Crippen LogP contribution in [-0.4, -0.2) is 5.11 Å². The fourth-order valence-corrected chi connectivity index (χ4v) is 2.78. The van der Waals surface area contributed by atoms with Gasteiger partial charge in [0, 0.05) is 16.0 Å². The van der Waals surface area contributed by atoms with E-state index in [-0.39, 0.29) is 11.6 Å². The van der Waals surface area contributed by atoms with E-state index in [0.29, 0.717) is 11.1 Å². The molecule has 94 valence electrons. The molecule has 0 spiro atoms. The predicted octanol–water partition coefficient (Wildman–Crippen LogP) is 4.93. The number of benzene rings is 2. The average Bonchev–Trinajstić information content (AvgIpc) is 2.96. The Bertz CT molecular complexity index is 690. The fourth-order valence-electron chi connectivity index (χ4n) is 2.05. The van der Waals surface area contributed by atoms with Crippen LogP contribution >= 0.6 is 11.3 Å². The summed E-state index contributed by atoms with van der Waals surface area (Å²) >= 11 is 1.45. The summed E-state index contributed by atoms with van der Waals surface area (Å²) in [5.41, 5.74) is 1.62. The maximum atomic E-state index is 14.6. The lowest BCUT2D eigenvalue weighted by molar-refractivity contribution is 0.474. The van der Waals surface area contributed by atoms with E-state index < -0.39 is 0 Å². The number of phenolic OH excluding ortho intramolecular Hbond substituents is 1. The van der Waals surface area contributed by atoms with E-state index in [1.807, 2.05) is 47.8 Å². The fraction of sp³-hybridized carbons (Fsp3) is 0. The first-order valence-electron chi connectivity index (χ1n) is 5.87. The van der Waals surface area contributed by atoms with E-state index in [1.54, 1.807) is 0 Å². The van der Waals surface area contributed by atoms with Gasteiger partial charge in [-0.2, -0.15) is 0 Å². The normalized spacial score (nSPS) is 10.6. The maximum Gasteiger partial charge on any atom is 0.139 e. The van der Waals surface area contributed by atoms with Gasteiger partial charge in [-0.15, -0.1) is 11.3 Å². The van der Waals surface area contributed by atoms with Crippen LogP contribution < -0.4 is 0 Å². The Hall–Kier alpha value is -2.13. The van der Waals surface area contributed by atoms with Crippen molar-refractivity contribution in [3.63, 3.8) is 0 Å². The molecule has 1 heterocycles. The number of hydrogen-bond acceptors (Lipinski definition) is 2. The van der Waals surface area contributed by atoms with Gasteiger partial charge in [0.2, 0.25) is 0 Å². The Morgan fingerprint density at radius 1 is 0.895 bits per heavy atom. The first kappa shape index (κ1) is 11.9. The molecule has 1 aromatic heterocycles. The molecule has 0 aliphatic heterocycles. The largest absolute Gasteiger partial charge is 0.508 e. The summed E-state index contributed by atoms with van der Waals surface area (Å²) < 4.78 is 14.6. The molecular weight excluding hydrogens is 259 g/mol. The summed E-state index contributed by atoms with van der Waals surface area (Å²) in [5, 5.41) is 11.7. The van der Waals surface area contributed by atoms with Crippen molar-refractivity contribution in [3.8, 4) is 27.3 Å². The summed E-state index contributed by atoms with van der Waals surface area (Å²) in [7, 11) is 0. The summed E-state index contributed by atoms with van der Waals surface area (Å²) in [6.45, 7) is 0. The number of rotatable bonds is 2. The second-order valence-corrected chi connectivity index (χ2v) is 5.15. The molecule has 19 heavy (non-hydrogen) atoms. The maximum absolute atomic E-state index is 14.6. The van der Waals surface area contributed by atoms with E-state index >= 15 is 0 Å². The standard InChI is InChI=1S/C16H11FOS/c17-16-13(11-5-2-1-3-6-11)9-12(18)10-14(16)15-7-4-8-19-15/h1-10,18H. The third-order valence-electron chi connectivity index (χ3n) is 2.93. The lowest BCUT2D eigenvalue weighted by atomic mass is 10.0. The van der Waals surface area contributed by atoms with E-state index in [2.05, 4.69) is 0 Å². The van der Waals surface area contributed by atoms with Crippen molar-refractivity contribution in [1.82, 2.24) is 0 Å². The number of halogens is 1. The highest BCUT2D eigenvalue weighted by Gasteiger charge is 2.14. The molecule has 3 rings (SSSR count). The van der Waals surface area contributed by atoms with Crippen LogP contribution in [0, 0.1) is 5.82 Å². The molecule has 0 radical (unpaired) electrons. The van der Waals surface area contributed by atoms with Crippen molar-refractivity contribution < 1.29 is 9.50 Å². The zero-order chi connectivity index (χ0) is 13.2. The van der Waals surface area contributed by atoms with Crippen molar-refractivity contribution in [2.75, 3.05) is 0 Å². The summed E-state index contributed by atoms with van der Waals surface area (Å²) in [5.74, 6) is -0.227. The second kappa shape index (κ2) is 4.86. The molecule has 1 N–H and O–H groups in total. The number of phenols is 1. The van der Waals surface area contributed by atoms with Crippen LogP contribution in [0.5, 0.6) is 5.75 Å². The van der Waals surface area contributed by atoms with Crippen LogP contribution in [0.1, 0.15) is 0 Å². The lowest BCUT2D eigenvalue weighted by Gasteiger charge is -2.08. The molecule has 0 atom stereocenters. The quantitative estimate of drug-likeness (QED) is 0.700. The monoisotopic (exact) mass is 270 g/mol. The summed E-state index contributed by atoms with van der Waals surface area (Å²) in [6, 6.07) is 15.9. The van der Waals surface area contributed by atoms with E-state index in [0.717, 1.165) is 10.4 Å². The Balaban J connectivity index is 2.22. The predicted molar refractivity (Wildman–Crippen MR) is 76.8 cm³/mol. The smallest absolute Gasteiger partial charge is 0.139 e. The van der Waals surface area contributed by atoms with Crippen LogP contribution in [0.25, 0.3) is 21.6 Å². The minimum atomic E-state index is -0.300. The van der Waals surface area contributed by atoms with Gasteiger partial charge in [-0.25, -0.2) is 4.39 Å². The summed E-state index contributed by atoms with van der Waals surface area (Å²) in [4.78, 5) is 0.811. The molecule has 2 aromatic carbocycles.